The molecular weight excluding hydrogens is 242 g/mol. The third-order valence-electron chi connectivity index (χ3n) is 3.33. The molecule has 0 aromatic heterocycles. The number of unbranched alkanes of at least 4 members (excludes halogenated alkanes) is 2. The maximum absolute atomic E-state index is 10.7. The van der Waals surface area contributed by atoms with E-state index in [2.05, 4.69) is 6.92 Å². The highest BCUT2D eigenvalue weighted by atomic mass is 16.4. The van der Waals surface area contributed by atoms with Gasteiger partial charge in [-0.05, 0) is 6.42 Å². The zero-order valence-electron chi connectivity index (χ0n) is 12.8. The van der Waals surface area contributed by atoms with Gasteiger partial charge < -0.3 is 19.5 Å². The van der Waals surface area contributed by atoms with Crippen LogP contribution in [0.15, 0.2) is 12.2 Å². The number of carboxylic acids is 1. The van der Waals surface area contributed by atoms with Gasteiger partial charge in [-0.25, -0.2) is 0 Å². The number of allylic oxidation sites excluding steroid dienone is 1. The van der Waals surface area contributed by atoms with Crippen LogP contribution in [0.1, 0.15) is 39.5 Å². The summed E-state index contributed by atoms with van der Waals surface area (Å²) in [7, 11) is 4.01. The van der Waals surface area contributed by atoms with Crippen molar-refractivity contribution in [3.8, 4) is 0 Å². The number of hydrogen-bond donors (Lipinski definition) is 1. The van der Waals surface area contributed by atoms with Crippen LogP contribution in [0.5, 0.6) is 0 Å². The van der Waals surface area contributed by atoms with Crippen molar-refractivity contribution in [3.05, 3.63) is 12.2 Å². The molecule has 0 fully saturated rings. The van der Waals surface area contributed by atoms with Crippen molar-refractivity contribution < 1.29 is 19.5 Å². The number of hydrogen-bond acceptors (Lipinski definition) is 3. The standard InChI is InChI=1S/C15H29NO3/c1-5-6-7-8-9-14(17)12-16(3,4)11-10-13(2)15(18)19/h8-9,13-14,17H,5-7,10-12H2,1-4H3/b9-8+. The van der Waals surface area contributed by atoms with Gasteiger partial charge in [0.05, 0.1) is 20.6 Å². The van der Waals surface area contributed by atoms with E-state index in [0.29, 0.717) is 17.4 Å². The van der Waals surface area contributed by atoms with Crippen LogP contribution < -0.4 is 5.11 Å². The molecule has 0 saturated carbocycles. The van der Waals surface area contributed by atoms with Crippen LogP contribution in [0, 0.1) is 5.92 Å². The first-order chi connectivity index (χ1) is 8.78. The molecule has 0 heterocycles. The Hall–Kier alpha value is -0.870. The Balaban J connectivity index is 4.06. The van der Waals surface area contributed by atoms with E-state index in [9.17, 15) is 15.0 Å². The molecule has 0 saturated heterocycles. The summed E-state index contributed by atoms with van der Waals surface area (Å²) in [5.74, 6) is -1.44. The van der Waals surface area contributed by atoms with Gasteiger partial charge in [-0.1, -0.05) is 38.8 Å². The van der Waals surface area contributed by atoms with E-state index in [1.54, 1.807) is 6.92 Å². The molecule has 0 aromatic rings. The quantitative estimate of drug-likeness (QED) is 0.365. The average molecular weight is 271 g/mol. The number of quaternary nitrogens is 1. The third-order valence-corrected chi connectivity index (χ3v) is 3.33. The van der Waals surface area contributed by atoms with Crippen LogP contribution in [-0.2, 0) is 4.79 Å². The Bertz CT molecular complexity index is 287. The zero-order valence-corrected chi connectivity index (χ0v) is 12.8. The van der Waals surface area contributed by atoms with E-state index in [-0.39, 0.29) is 0 Å². The molecule has 112 valence electrons. The van der Waals surface area contributed by atoms with E-state index in [1.165, 1.54) is 0 Å². The minimum atomic E-state index is -1.000. The van der Waals surface area contributed by atoms with Crippen LogP contribution in [-0.4, -0.2) is 48.8 Å². The van der Waals surface area contributed by atoms with Gasteiger partial charge in [0.15, 0.2) is 0 Å². The van der Waals surface area contributed by atoms with Crippen LogP contribution in [0.2, 0.25) is 0 Å². The number of carbonyl (C=O) groups excluding carboxylic acids is 1. The summed E-state index contributed by atoms with van der Waals surface area (Å²) >= 11 is 0. The fourth-order valence-electron chi connectivity index (χ4n) is 1.89. The highest BCUT2D eigenvalue weighted by Gasteiger charge is 2.20. The lowest BCUT2D eigenvalue weighted by Crippen LogP contribution is -2.46. The lowest BCUT2D eigenvalue weighted by Gasteiger charge is -2.32. The number of carbonyl (C=O) groups is 1. The molecule has 0 spiro atoms. The number of nitrogens with zero attached hydrogens (tertiary/aromatic N) is 1. The number of rotatable bonds is 10. The van der Waals surface area contributed by atoms with E-state index < -0.39 is 18.0 Å². The molecule has 2 atom stereocenters. The van der Waals surface area contributed by atoms with Crippen LogP contribution >= 0.6 is 0 Å². The first kappa shape index (κ1) is 18.1. The molecule has 19 heavy (non-hydrogen) atoms. The van der Waals surface area contributed by atoms with E-state index in [1.807, 2.05) is 26.2 Å². The first-order valence-corrected chi connectivity index (χ1v) is 7.16. The summed E-state index contributed by atoms with van der Waals surface area (Å²) in [4.78, 5) is 10.7. The normalized spacial score (nSPS) is 15.6. The van der Waals surface area contributed by atoms with Gasteiger partial charge in [-0.2, -0.15) is 0 Å². The van der Waals surface area contributed by atoms with Gasteiger partial charge in [-0.15, -0.1) is 0 Å². The third kappa shape index (κ3) is 9.68. The molecule has 0 bridgehead atoms. The first-order valence-electron chi connectivity index (χ1n) is 7.16. The Kier molecular flexibility index (Phi) is 8.68. The molecule has 0 aliphatic rings. The Labute approximate surface area is 117 Å². The highest BCUT2D eigenvalue weighted by molar-refractivity contribution is 5.66. The maximum Gasteiger partial charge on any atom is 0.121 e. The molecule has 0 amide bonds. The van der Waals surface area contributed by atoms with Gasteiger partial charge in [0.2, 0.25) is 0 Å². The maximum atomic E-state index is 10.7. The molecule has 4 heteroatoms. The summed E-state index contributed by atoms with van der Waals surface area (Å²) in [5, 5.41) is 20.6. The number of aliphatic carboxylic acids is 1. The second-order valence-electron chi connectivity index (χ2n) is 5.99. The molecule has 0 radical (unpaired) electrons. The van der Waals surface area contributed by atoms with Crippen LogP contribution in [0.25, 0.3) is 0 Å². The van der Waals surface area contributed by atoms with Gasteiger partial charge >= 0.3 is 0 Å². The predicted molar refractivity (Wildman–Crippen MR) is 75.3 cm³/mol. The minimum Gasteiger partial charge on any atom is -0.550 e. The van der Waals surface area contributed by atoms with Crippen molar-refractivity contribution in [1.29, 1.82) is 0 Å². The second-order valence-corrected chi connectivity index (χ2v) is 5.99. The molecule has 0 aliphatic heterocycles. The van der Waals surface area contributed by atoms with Crippen molar-refractivity contribution in [2.75, 3.05) is 27.2 Å². The average Bonchev–Trinajstić information content (AvgIpc) is 2.31. The Morgan fingerprint density at radius 1 is 1.42 bits per heavy atom. The largest absolute Gasteiger partial charge is 0.550 e. The van der Waals surface area contributed by atoms with Crippen molar-refractivity contribution >= 4 is 5.97 Å². The Morgan fingerprint density at radius 2 is 2.05 bits per heavy atom. The van der Waals surface area contributed by atoms with Crippen molar-refractivity contribution in [2.45, 2.75) is 45.6 Å². The summed E-state index contributed by atoms with van der Waals surface area (Å²) in [5.41, 5.74) is 0. The van der Waals surface area contributed by atoms with E-state index >= 15 is 0 Å². The lowest BCUT2D eigenvalue weighted by atomic mass is 10.1. The predicted octanol–water partition coefficient (Wildman–Crippen LogP) is 0.946. The number of carboxylic acid groups (broad SMARTS) is 1. The van der Waals surface area contributed by atoms with Crippen LogP contribution in [0.3, 0.4) is 0 Å². The smallest absolute Gasteiger partial charge is 0.121 e. The molecule has 1 N–H and O–H groups in total. The van der Waals surface area contributed by atoms with Gasteiger partial charge in [0.1, 0.15) is 12.6 Å². The number of aliphatic hydroxyl groups is 1. The monoisotopic (exact) mass is 271 g/mol. The molecule has 0 aromatic carbocycles. The SMILES string of the molecule is CCCC/C=C/C(O)C[N+](C)(C)CCC(C)C(=O)[O-]. The molecular formula is C15H29NO3. The molecule has 2 unspecified atom stereocenters. The number of likely N-dealkylation sites (N-methyl/N-ethyl adjacent to an activating group) is 1. The fraction of sp³-hybridized carbons (Fsp3) is 0.800. The van der Waals surface area contributed by atoms with Crippen LogP contribution in [0.4, 0.5) is 0 Å². The Morgan fingerprint density at radius 3 is 2.58 bits per heavy atom. The van der Waals surface area contributed by atoms with Crippen molar-refractivity contribution in [3.63, 3.8) is 0 Å². The molecule has 0 aliphatic carbocycles. The zero-order chi connectivity index (χ0) is 14.9. The van der Waals surface area contributed by atoms with Gasteiger partial charge in [0.25, 0.3) is 0 Å². The summed E-state index contributed by atoms with van der Waals surface area (Å²) < 4.78 is 0.608. The van der Waals surface area contributed by atoms with Gasteiger partial charge in [-0.3, -0.25) is 0 Å². The summed E-state index contributed by atoms with van der Waals surface area (Å²) in [6, 6.07) is 0. The summed E-state index contributed by atoms with van der Waals surface area (Å²) in [6.07, 6.45) is 7.28. The second kappa shape index (κ2) is 9.10. The summed E-state index contributed by atoms with van der Waals surface area (Å²) in [6.45, 7) is 5.12. The fourth-order valence-corrected chi connectivity index (χ4v) is 1.89. The lowest BCUT2D eigenvalue weighted by molar-refractivity contribution is -0.893. The highest BCUT2D eigenvalue weighted by Crippen LogP contribution is 2.08. The van der Waals surface area contributed by atoms with E-state index in [4.69, 9.17) is 0 Å². The minimum absolute atomic E-state index is 0.436. The van der Waals surface area contributed by atoms with Crippen molar-refractivity contribution in [1.82, 2.24) is 0 Å². The topological polar surface area (TPSA) is 60.4 Å². The molecule has 4 nitrogen and oxygen atoms in total. The van der Waals surface area contributed by atoms with Gasteiger partial charge in [0, 0.05) is 18.3 Å². The molecule has 0 rings (SSSR count). The van der Waals surface area contributed by atoms with Crippen molar-refractivity contribution in [2.24, 2.45) is 5.92 Å². The van der Waals surface area contributed by atoms with E-state index in [0.717, 1.165) is 25.8 Å². The number of aliphatic hydroxyl groups excluding tert-OH is 1.